The Morgan fingerprint density at radius 1 is 1.04 bits per heavy atom. The van der Waals surface area contributed by atoms with Crippen molar-refractivity contribution in [2.24, 2.45) is 5.10 Å². The van der Waals surface area contributed by atoms with E-state index in [1.165, 1.54) is 43.2 Å². The van der Waals surface area contributed by atoms with Gasteiger partial charge in [-0.3, -0.25) is 9.78 Å². The molecule has 4 rings (SSSR count). The summed E-state index contributed by atoms with van der Waals surface area (Å²) in [5, 5.41) is 6.25. The first kappa shape index (κ1) is 16.0. The molecule has 1 aliphatic carbocycles. The minimum absolute atomic E-state index is 0.0711. The molecule has 4 heteroatoms. The number of pyridine rings is 1. The molecular formula is C21H23N3O. The van der Waals surface area contributed by atoms with E-state index in [1.807, 2.05) is 0 Å². The molecule has 25 heavy (non-hydrogen) atoms. The predicted octanol–water partition coefficient (Wildman–Crippen LogP) is 4.38. The molecule has 1 saturated carbocycles. The minimum Gasteiger partial charge on any atom is -0.267 e. The van der Waals surface area contributed by atoms with Crippen molar-refractivity contribution in [3.8, 4) is 0 Å². The number of aromatic nitrogens is 1. The fourth-order valence-corrected chi connectivity index (χ4v) is 3.96. The van der Waals surface area contributed by atoms with E-state index in [9.17, 15) is 4.79 Å². The van der Waals surface area contributed by atoms with E-state index < -0.39 is 0 Å². The van der Waals surface area contributed by atoms with Crippen molar-refractivity contribution in [2.45, 2.75) is 44.4 Å². The van der Waals surface area contributed by atoms with Gasteiger partial charge in [0.15, 0.2) is 0 Å². The largest absolute Gasteiger partial charge is 0.275 e. The fraction of sp³-hybridized carbons (Fsp3) is 0.381. The number of hydrazone groups is 1. The maximum Gasteiger partial charge on any atom is 0.275 e. The van der Waals surface area contributed by atoms with Crippen molar-refractivity contribution >= 4 is 11.6 Å². The number of benzene rings is 1. The van der Waals surface area contributed by atoms with Crippen molar-refractivity contribution in [1.82, 2.24) is 9.99 Å². The van der Waals surface area contributed by atoms with Crippen LogP contribution in [-0.2, 0) is 0 Å². The van der Waals surface area contributed by atoms with Gasteiger partial charge in [-0.1, -0.05) is 43.5 Å². The summed E-state index contributed by atoms with van der Waals surface area (Å²) in [7, 11) is 0. The van der Waals surface area contributed by atoms with Crippen LogP contribution >= 0.6 is 0 Å². The van der Waals surface area contributed by atoms with Crippen LogP contribution in [0.3, 0.4) is 0 Å². The number of hydrogen-bond acceptors (Lipinski definition) is 3. The quantitative estimate of drug-likeness (QED) is 0.837. The van der Waals surface area contributed by atoms with Crippen molar-refractivity contribution in [3.05, 3.63) is 65.5 Å². The topological polar surface area (TPSA) is 45.6 Å². The second kappa shape index (κ2) is 7.18. The third-order valence-corrected chi connectivity index (χ3v) is 5.26. The average Bonchev–Trinajstić information content (AvgIpc) is 3.19. The molecule has 0 bridgehead atoms. The van der Waals surface area contributed by atoms with Gasteiger partial charge in [-0.25, -0.2) is 5.01 Å². The van der Waals surface area contributed by atoms with Crippen LogP contribution in [0.4, 0.5) is 0 Å². The van der Waals surface area contributed by atoms with Crippen molar-refractivity contribution in [2.75, 3.05) is 6.54 Å². The highest BCUT2D eigenvalue weighted by molar-refractivity contribution is 6.05. The van der Waals surface area contributed by atoms with E-state index in [0.29, 0.717) is 18.0 Å². The van der Waals surface area contributed by atoms with Gasteiger partial charge in [0.05, 0.1) is 17.8 Å². The zero-order valence-corrected chi connectivity index (χ0v) is 14.4. The summed E-state index contributed by atoms with van der Waals surface area (Å²) in [6.45, 7) is 0.641. The lowest BCUT2D eigenvalue weighted by molar-refractivity contribution is 0.0778. The zero-order valence-electron chi connectivity index (χ0n) is 14.4. The minimum atomic E-state index is -0.0711. The second-order valence-corrected chi connectivity index (χ2v) is 6.89. The van der Waals surface area contributed by atoms with E-state index in [4.69, 9.17) is 0 Å². The summed E-state index contributed by atoms with van der Waals surface area (Å²) in [6, 6.07) is 12.2. The maximum absolute atomic E-state index is 12.6. The Morgan fingerprint density at radius 2 is 1.88 bits per heavy atom. The van der Waals surface area contributed by atoms with Crippen LogP contribution in [-0.4, -0.2) is 28.2 Å². The summed E-state index contributed by atoms with van der Waals surface area (Å²) in [5.74, 6) is 0.564. The van der Waals surface area contributed by atoms with Crippen LogP contribution in [0.2, 0.25) is 0 Å². The molecule has 1 amide bonds. The standard InChI is InChI=1S/C21H23N3O/c25-21(17-9-6-13-22-15-17)24-14-12-20(23-24)19-11-5-4-10-18(19)16-7-2-1-3-8-16/h4-6,9-11,13,15-16H,1-3,7-8,12,14H2. The smallest absolute Gasteiger partial charge is 0.267 e. The van der Waals surface area contributed by atoms with Gasteiger partial charge < -0.3 is 0 Å². The van der Waals surface area contributed by atoms with Crippen LogP contribution < -0.4 is 0 Å². The summed E-state index contributed by atoms with van der Waals surface area (Å²) in [6.07, 6.45) is 10.6. The van der Waals surface area contributed by atoms with Gasteiger partial charge in [-0.15, -0.1) is 0 Å². The molecule has 1 fully saturated rings. The molecule has 2 heterocycles. The van der Waals surface area contributed by atoms with Gasteiger partial charge in [-0.2, -0.15) is 5.10 Å². The number of nitrogens with zero attached hydrogens (tertiary/aromatic N) is 3. The SMILES string of the molecule is O=C(c1cccnc1)N1CCC(c2ccccc2C2CCCCC2)=N1. The monoisotopic (exact) mass is 333 g/mol. The van der Waals surface area contributed by atoms with E-state index >= 15 is 0 Å². The molecule has 128 valence electrons. The highest BCUT2D eigenvalue weighted by atomic mass is 16.2. The van der Waals surface area contributed by atoms with Crippen molar-refractivity contribution in [3.63, 3.8) is 0 Å². The molecule has 0 unspecified atom stereocenters. The van der Waals surface area contributed by atoms with Crippen LogP contribution in [0.25, 0.3) is 0 Å². The Balaban J connectivity index is 1.59. The predicted molar refractivity (Wildman–Crippen MR) is 98.7 cm³/mol. The molecule has 2 aliphatic rings. The van der Waals surface area contributed by atoms with Gasteiger partial charge in [0, 0.05) is 24.4 Å². The van der Waals surface area contributed by atoms with Gasteiger partial charge in [0.25, 0.3) is 5.91 Å². The van der Waals surface area contributed by atoms with Gasteiger partial charge in [0.2, 0.25) is 0 Å². The van der Waals surface area contributed by atoms with Crippen LogP contribution in [0, 0.1) is 0 Å². The number of carbonyl (C=O) groups excluding carboxylic acids is 1. The molecule has 0 spiro atoms. The first-order chi connectivity index (χ1) is 12.3. The summed E-state index contributed by atoms with van der Waals surface area (Å²) in [5.41, 5.74) is 4.28. The molecular weight excluding hydrogens is 310 g/mol. The summed E-state index contributed by atoms with van der Waals surface area (Å²) < 4.78 is 0. The first-order valence-corrected chi connectivity index (χ1v) is 9.21. The third-order valence-electron chi connectivity index (χ3n) is 5.26. The highest BCUT2D eigenvalue weighted by Crippen LogP contribution is 2.35. The lowest BCUT2D eigenvalue weighted by Gasteiger charge is -2.24. The van der Waals surface area contributed by atoms with Crippen LogP contribution in [0.5, 0.6) is 0 Å². The third kappa shape index (κ3) is 3.34. The molecule has 0 atom stereocenters. The molecule has 2 aromatic rings. The van der Waals surface area contributed by atoms with E-state index in [1.54, 1.807) is 29.5 Å². The molecule has 0 saturated heterocycles. The molecule has 0 radical (unpaired) electrons. The molecule has 1 aromatic carbocycles. The Morgan fingerprint density at radius 3 is 2.68 bits per heavy atom. The Labute approximate surface area is 148 Å². The first-order valence-electron chi connectivity index (χ1n) is 9.21. The summed E-state index contributed by atoms with van der Waals surface area (Å²) in [4.78, 5) is 16.6. The molecule has 0 N–H and O–H groups in total. The van der Waals surface area contributed by atoms with Gasteiger partial charge >= 0.3 is 0 Å². The summed E-state index contributed by atoms with van der Waals surface area (Å²) >= 11 is 0. The van der Waals surface area contributed by atoms with Crippen LogP contribution in [0.15, 0.2) is 53.9 Å². The Hall–Kier alpha value is -2.49. The lowest BCUT2D eigenvalue weighted by Crippen LogP contribution is -2.23. The second-order valence-electron chi connectivity index (χ2n) is 6.89. The molecule has 1 aliphatic heterocycles. The average molecular weight is 333 g/mol. The molecule has 4 nitrogen and oxygen atoms in total. The van der Waals surface area contributed by atoms with Crippen molar-refractivity contribution in [1.29, 1.82) is 0 Å². The van der Waals surface area contributed by atoms with Gasteiger partial charge in [-0.05, 0) is 36.5 Å². The fourth-order valence-electron chi connectivity index (χ4n) is 3.96. The number of rotatable bonds is 3. The van der Waals surface area contributed by atoms with E-state index in [-0.39, 0.29) is 5.91 Å². The normalized spacial score (nSPS) is 18.2. The number of carbonyl (C=O) groups is 1. The Kier molecular flexibility index (Phi) is 4.59. The maximum atomic E-state index is 12.6. The van der Waals surface area contributed by atoms with Gasteiger partial charge in [0.1, 0.15) is 0 Å². The van der Waals surface area contributed by atoms with Crippen LogP contribution in [0.1, 0.15) is 65.9 Å². The number of amides is 1. The lowest BCUT2D eigenvalue weighted by atomic mass is 9.81. The van der Waals surface area contributed by atoms with E-state index in [2.05, 4.69) is 34.4 Å². The Bertz CT molecular complexity index is 779. The van der Waals surface area contributed by atoms with Crippen molar-refractivity contribution < 1.29 is 4.79 Å². The number of hydrogen-bond donors (Lipinski definition) is 0. The highest BCUT2D eigenvalue weighted by Gasteiger charge is 2.26. The van der Waals surface area contributed by atoms with E-state index in [0.717, 1.165) is 12.1 Å². The molecule has 1 aromatic heterocycles. The zero-order chi connectivity index (χ0) is 17.1.